The van der Waals surface area contributed by atoms with Crippen LogP contribution in [-0.4, -0.2) is 18.4 Å². The molecule has 2 rings (SSSR count). The summed E-state index contributed by atoms with van der Waals surface area (Å²) in [5, 5.41) is 5.01. The summed E-state index contributed by atoms with van der Waals surface area (Å²) in [6.45, 7) is 4.14. The molecule has 2 aromatic rings. The molecule has 0 saturated heterocycles. The number of benzene rings is 1. The van der Waals surface area contributed by atoms with Crippen molar-refractivity contribution in [3.8, 4) is 5.75 Å². The van der Waals surface area contributed by atoms with E-state index in [-0.39, 0.29) is 18.6 Å². The summed E-state index contributed by atoms with van der Waals surface area (Å²) in [5.41, 5.74) is 5.58. The molecule has 3 N–H and O–H groups in total. The molecule has 2 amide bonds. The number of nitrogens with two attached hydrogens (primary N) is 1. The summed E-state index contributed by atoms with van der Waals surface area (Å²) >= 11 is 1.63. The first kappa shape index (κ1) is 18.0. The number of primary amides is 1. The van der Waals surface area contributed by atoms with E-state index in [1.807, 2.05) is 17.5 Å². The van der Waals surface area contributed by atoms with Gasteiger partial charge in [0.05, 0.1) is 6.04 Å². The van der Waals surface area contributed by atoms with Gasteiger partial charge in [0, 0.05) is 10.4 Å². The third-order valence-corrected chi connectivity index (χ3v) is 4.40. The van der Waals surface area contributed by atoms with E-state index in [1.54, 1.807) is 29.5 Å². The van der Waals surface area contributed by atoms with Crippen molar-refractivity contribution in [1.29, 1.82) is 0 Å². The fourth-order valence-corrected chi connectivity index (χ4v) is 3.12. The molecule has 0 bridgehead atoms. The standard InChI is InChI=1S/C18H22N2O3S/c1-12(2)9-15(16-7-4-8-24-16)20-17(21)11-23-14-6-3-5-13(10-14)18(19)22/h3-8,10,12,15H,9,11H2,1-2H3,(H2,19,22)(H,20,21)/t15-/m0/s1. The van der Waals surface area contributed by atoms with Gasteiger partial charge in [0.2, 0.25) is 5.91 Å². The van der Waals surface area contributed by atoms with Gasteiger partial charge in [-0.3, -0.25) is 9.59 Å². The van der Waals surface area contributed by atoms with Crippen molar-refractivity contribution >= 4 is 23.2 Å². The van der Waals surface area contributed by atoms with Gasteiger partial charge < -0.3 is 15.8 Å². The van der Waals surface area contributed by atoms with Crippen LogP contribution in [0.1, 0.15) is 41.5 Å². The van der Waals surface area contributed by atoms with E-state index in [1.165, 1.54) is 6.07 Å². The molecule has 0 aliphatic carbocycles. The first-order valence-electron chi connectivity index (χ1n) is 7.81. The van der Waals surface area contributed by atoms with E-state index >= 15 is 0 Å². The molecule has 0 aliphatic heterocycles. The summed E-state index contributed by atoms with van der Waals surface area (Å²) in [6, 6.07) is 10.5. The van der Waals surface area contributed by atoms with Crippen LogP contribution in [-0.2, 0) is 4.79 Å². The highest BCUT2D eigenvalue weighted by atomic mass is 32.1. The number of hydrogen-bond acceptors (Lipinski definition) is 4. The molecular weight excluding hydrogens is 324 g/mol. The van der Waals surface area contributed by atoms with Crippen molar-refractivity contribution in [3.63, 3.8) is 0 Å². The SMILES string of the molecule is CC(C)C[C@H](NC(=O)COc1cccc(C(N)=O)c1)c1cccs1. The van der Waals surface area contributed by atoms with Crippen LogP contribution in [0.4, 0.5) is 0 Å². The predicted octanol–water partition coefficient (Wildman–Crippen LogP) is 3.13. The maximum absolute atomic E-state index is 12.2. The Balaban J connectivity index is 1.93. The van der Waals surface area contributed by atoms with E-state index in [0.29, 0.717) is 17.2 Å². The summed E-state index contributed by atoms with van der Waals surface area (Å²) in [7, 11) is 0. The monoisotopic (exact) mass is 346 g/mol. The first-order chi connectivity index (χ1) is 11.5. The van der Waals surface area contributed by atoms with Gasteiger partial charge in [-0.2, -0.15) is 0 Å². The Morgan fingerprint density at radius 3 is 2.67 bits per heavy atom. The Hall–Kier alpha value is -2.34. The van der Waals surface area contributed by atoms with Gasteiger partial charge in [0.15, 0.2) is 6.61 Å². The number of rotatable bonds is 8. The third kappa shape index (κ3) is 5.38. The number of thiophene rings is 1. The van der Waals surface area contributed by atoms with Crippen LogP contribution in [0.15, 0.2) is 41.8 Å². The fraction of sp³-hybridized carbons (Fsp3) is 0.333. The highest BCUT2D eigenvalue weighted by molar-refractivity contribution is 7.10. The Labute approximate surface area is 145 Å². The summed E-state index contributed by atoms with van der Waals surface area (Å²) in [4.78, 5) is 24.5. The van der Waals surface area contributed by atoms with Crippen LogP contribution < -0.4 is 15.8 Å². The first-order valence-corrected chi connectivity index (χ1v) is 8.69. The largest absolute Gasteiger partial charge is 0.484 e. The van der Waals surface area contributed by atoms with Crippen LogP contribution in [0.2, 0.25) is 0 Å². The van der Waals surface area contributed by atoms with Gasteiger partial charge in [-0.1, -0.05) is 26.0 Å². The fourth-order valence-electron chi connectivity index (χ4n) is 2.33. The topological polar surface area (TPSA) is 81.4 Å². The highest BCUT2D eigenvalue weighted by Gasteiger charge is 2.17. The van der Waals surface area contributed by atoms with Crippen molar-refractivity contribution in [2.24, 2.45) is 11.7 Å². The van der Waals surface area contributed by atoms with Gasteiger partial charge in [-0.15, -0.1) is 11.3 Å². The van der Waals surface area contributed by atoms with Crippen LogP contribution in [0, 0.1) is 5.92 Å². The van der Waals surface area contributed by atoms with Gasteiger partial charge in [-0.25, -0.2) is 0 Å². The minimum Gasteiger partial charge on any atom is -0.484 e. The van der Waals surface area contributed by atoms with Crippen molar-refractivity contribution in [2.45, 2.75) is 26.3 Å². The number of ether oxygens (including phenoxy) is 1. The summed E-state index contributed by atoms with van der Waals surface area (Å²) in [6.07, 6.45) is 0.864. The Bertz CT molecular complexity index is 683. The summed E-state index contributed by atoms with van der Waals surface area (Å²) < 4.78 is 5.47. The number of nitrogens with one attached hydrogen (secondary N) is 1. The molecule has 5 nitrogen and oxygen atoms in total. The quantitative estimate of drug-likeness (QED) is 0.770. The lowest BCUT2D eigenvalue weighted by molar-refractivity contribution is -0.123. The molecule has 0 unspecified atom stereocenters. The van der Waals surface area contributed by atoms with Crippen LogP contribution in [0.25, 0.3) is 0 Å². The average molecular weight is 346 g/mol. The average Bonchev–Trinajstić information content (AvgIpc) is 3.06. The van der Waals surface area contributed by atoms with E-state index in [2.05, 4.69) is 19.2 Å². The van der Waals surface area contributed by atoms with Crippen molar-refractivity contribution < 1.29 is 14.3 Å². The molecule has 0 aliphatic rings. The molecule has 0 fully saturated rings. The predicted molar refractivity (Wildman–Crippen MR) is 95.1 cm³/mol. The minimum atomic E-state index is -0.528. The second-order valence-electron chi connectivity index (χ2n) is 5.95. The molecule has 128 valence electrons. The van der Waals surface area contributed by atoms with E-state index in [9.17, 15) is 9.59 Å². The molecule has 0 saturated carbocycles. The van der Waals surface area contributed by atoms with E-state index in [4.69, 9.17) is 10.5 Å². The third-order valence-electron chi connectivity index (χ3n) is 3.42. The number of hydrogen-bond donors (Lipinski definition) is 2. The normalized spacial score (nSPS) is 12.0. The molecule has 1 heterocycles. The second kappa shape index (κ2) is 8.49. The van der Waals surface area contributed by atoms with Gasteiger partial charge >= 0.3 is 0 Å². The Morgan fingerprint density at radius 2 is 2.04 bits per heavy atom. The molecule has 0 spiro atoms. The number of amides is 2. The molecule has 1 atom stereocenters. The van der Waals surface area contributed by atoms with Crippen LogP contribution in [0.3, 0.4) is 0 Å². The zero-order valence-electron chi connectivity index (χ0n) is 13.8. The van der Waals surface area contributed by atoms with Crippen molar-refractivity contribution in [2.75, 3.05) is 6.61 Å². The smallest absolute Gasteiger partial charge is 0.258 e. The Kier molecular flexibility index (Phi) is 6.37. The van der Waals surface area contributed by atoms with E-state index in [0.717, 1.165) is 11.3 Å². The zero-order valence-corrected chi connectivity index (χ0v) is 14.6. The lowest BCUT2D eigenvalue weighted by atomic mass is 10.0. The van der Waals surface area contributed by atoms with Crippen LogP contribution in [0.5, 0.6) is 5.75 Å². The Morgan fingerprint density at radius 1 is 1.25 bits per heavy atom. The lowest BCUT2D eigenvalue weighted by Gasteiger charge is -2.19. The molecule has 1 aromatic heterocycles. The molecule has 24 heavy (non-hydrogen) atoms. The van der Waals surface area contributed by atoms with Gasteiger partial charge in [0.1, 0.15) is 5.75 Å². The molecule has 0 radical (unpaired) electrons. The molecule has 1 aromatic carbocycles. The molecule has 6 heteroatoms. The summed E-state index contributed by atoms with van der Waals surface area (Å²) in [5.74, 6) is 0.182. The maximum Gasteiger partial charge on any atom is 0.258 e. The van der Waals surface area contributed by atoms with Gasteiger partial charge in [0.25, 0.3) is 5.91 Å². The minimum absolute atomic E-state index is 0.0157. The van der Waals surface area contributed by atoms with Crippen molar-refractivity contribution in [1.82, 2.24) is 5.32 Å². The highest BCUT2D eigenvalue weighted by Crippen LogP contribution is 2.25. The zero-order chi connectivity index (χ0) is 17.5. The van der Waals surface area contributed by atoms with Crippen molar-refractivity contribution in [3.05, 3.63) is 52.2 Å². The number of carbonyl (C=O) groups is 2. The number of carbonyl (C=O) groups excluding carboxylic acids is 2. The van der Waals surface area contributed by atoms with E-state index < -0.39 is 5.91 Å². The maximum atomic E-state index is 12.2. The lowest BCUT2D eigenvalue weighted by Crippen LogP contribution is -2.33. The van der Waals surface area contributed by atoms with Crippen LogP contribution >= 0.6 is 11.3 Å². The molecular formula is C18H22N2O3S. The second-order valence-corrected chi connectivity index (χ2v) is 6.93. The van der Waals surface area contributed by atoms with Gasteiger partial charge in [-0.05, 0) is 42.0 Å².